The van der Waals surface area contributed by atoms with E-state index in [2.05, 4.69) is 10.2 Å². The Hall–Kier alpha value is -2.89. The van der Waals surface area contributed by atoms with Gasteiger partial charge in [0.15, 0.2) is 0 Å². The molecule has 6 heteroatoms. The number of hydrogen-bond donors (Lipinski definition) is 1. The van der Waals surface area contributed by atoms with Gasteiger partial charge in [0, 0.05) is 44.7 Å². The van der Waals surface area contributed by atoms with Gasteiger partial charge in [-0.3, -0.25) is 9.59 Å². The third-order valence-corrected chi connectivity index (χ3v) is 5.30. The second-order valence-corrected chi connectivity index (χ2v) is 7.40. The molecule has 1 heterocycles. The maximum absolute atomic E-state index is 13.1. The van der Waals surface area contributed by atoms with Gasteiger partial charge in [-0.15, -0.1) is 0 Å². The summed E-state index contributed by atoms with van der Waals surface area (Å²) in [6, 6.07) is 16.2. The van der Waals surface area contributed by atoms with E-state index in [0.29, 0.717) is 32.4 Å². The fourth-order valence-corrected chi connectivity index (χ4v) is 3.56. The van der Waals surface area contributed by atoms with Crippen LogP contribution in [0.1, 0.15) is 37.8 Å². The summed E-state index contributed by atoms with van der Waals surface area (Å²) in [4.78, 5) is 28.6. The number of rotatable bonds is 7. The van der Waals surface area contributed by atoms with Gasteiger partial charge < -0.3 is 15.1 Å². The van der Waals surface area contributed by atoms with Crippen LogP contribution in [0.25, 0.3) is 0 Å². The number of hydrogen-bond acceptors (Lipinski definition) is 3. The third-order valence-electron chi connectivity index (χ3n) is 5.30. The van der Waals surface area contributed by atoms with Gasteiger partial charge in [-0.1, -0.05) is 30.3 Å². The van der Waals surface area contributed by atoms with E-state index in [4.69, 9.17) is 0 Å². The van der Waals surface area contributed by atoms with Crippen LogP contribution >= 0.6 is 0 Å². The molecule has 1 aliphatic heterocycles. The molecule has 0 saturated carbocycles. The zero-order valence-electron chi connectivity index (χ0n) is 16.8. The van der Waals surface area contributed by atoms with Crippen LogP contribution in [-0.2, 0) is 9.59 Å². The monoisotopic (exact) mass is 397 g/mol. The maximum atomic E-state index is 13.1. The van der Waals surface area contributed by atoms with Crippen LogP contribution in [0.15, 0.2) is 54.6 Å². The molecular formula is C23H28FN3O2. The van der Waals surface area contributed by atoms with Crippen LogP contribution < -0.4 is 10.2 Å². The quantitative estimate of drug-likeness (QED) is 0.778. The molecule has 1 aliphatic rings. The van der Waals surface area contributed by atoms with Crippen molar-refractivity contribution in [2.24, 2.45) is 0 Å². The Morgan fingerprint density at radius 2 is 1.62 bits per heavy atom. The lowest BCUT2D eigenvalue weighted by Gasteiger charge is -2.36. The van der Waals surface area contributed by atoms with E-state index in [1.165, 1.54) is 12.1 Å². The Balaban J connectivity index is 1.36. The van der Waals surface area contributed by atoms with Crippen LogP contribution in [0, 0.1) is 5.82 Å². The minimum absolute atomic E-state index is 0.0321. The smallest absolute Gasteiger partial charge is 0.222 e. The molecule has 3 rings (SSSR count). The molecule has 2 aromatic rings. The first-order valence-corrected chi connectivity index (χ1v) is 10.2. The first kappa shape index (κ1) is 20.8. The summed E-state index contributed by atoms with van der Waals surface area (Å²) in [5.74, 6) is -0.187. The number of carbonyl (C=O) groups excluding carboxylic acids is 2. The molecule has 2 aromatic carbocycles. The van der Waals surface area contributed by atoms with Crippen LogP contribution in [-0.4, -0.2) is 42.9 Å². The van der Waals surface area contributed by atoms with E-state index in [1.807, 2.05) is 42.2 Å². The first-order valence-electron chi connectivity index (χ1n) is 10.2. The van der Waals surface area contributed by atoms with Crippen molar-refractivity contribution >= 4 is 17.5 Å². The number of benzene rings is 2. The average molecular weight is 397 g/mol. The standard InChI is InChI=1S/C23H28FN3O2/c1-18(19-6-3-2-4-7-19)25-22(28)8-5-9-23(29)27-16-14-26(15-17-27)21-12-10-20(24)11-13-21/h2-4,6-7,10-13,18H,5,8-9,14-17H2,1H3,(H,25,28)/t18-/m0/s1. The molecule has 1 saturated heterocycles. The van der Waals surface area contributed by atoms with Gasteiger partial charge in [0.2, 0.25) is 11.8 Å². The fourth-order valence-electron chi connectivity index (χ4n) is 3.56. The minimum atomic E-state index is -0.246. The first-order chi connectivity index (χ1) is 14.0. The number of carbonyl (C=O) groups is 2. The number of halogens is 1. The Kier molecular flexibility index (Phi) is 7.22. The summed E-state index contributed by atoms with van der Waals surface area (Å²) in [5.41, 5.74) is 2.04. The van der Waals surface area contributed by atoms with Crippen molar-refractivity contribution in [3.05, 3.63) is 66.0 Å². The normalized spacial score (nSPS) is 15.1. The van der Waals surface area contributed by atoms with Gasteiger partial charge >= 0.3 is 0 Å². The third kappa shape index (κ3) is 6.04. The largest absolute Gasteiger partial charge is 0.368 e. The molecule has 0 aliphatic carbocycles. The molecular weight excluding hydrogens is 369 g/mol. The molecule has 0 radical (unpaired) electrons. The SMILES string of the molecule is C[C@H](NC(=O)CCCC(=O)N1CCN(c2ccc(F)cc2)CC1)c1ccccc1. The van der Waals surface area contributed by atoms with E-state index in [-0.39, 0.29) is 23.7 Å². The molecule has 1 N–H and O–H groups in total. The predicted octanol–water partition coefficient (Wildman–Crippen LogP) is 3.52. The summed E-state index contributed by atoms with van der Waals surface area (Å²) in [6.07, 6.45) is 1.27. The van der Waals surface area contributed by atoms with Gasteiger partial charge in [0.05, 0.1) is 6.04 Å². The molecule has 154 valence electrons. The minimum Gasteiger partial charge on any atom is -0.368 e. The number of amides is 2. The molecule has 0 spiro atoms. The maximum Gasteiger partial charge on any atom is 0.222 e. The Morgan fingerprint density at radius 1 is 0.966 bits per heavy atom. The van der Waals surface area contributed by atoms with E-state index in [9.17, 15) is 14.0 Å². The van der Waals surface area contributed by atoms with Gasteiger partial charge in [0.25, 0.3) is 0 Å². The number of piperazine rings is 1. The van der Waals surface area contributed by atoms with Crippen molar-refractivity contribution in [3.63, 3.8) is 0 Å². The van der Waals surface area contributed by atoms with Crippen molar-refractivity contribution in [1.29, 1.82) is 0 Å². The van der Waals surface area contributed by atoms with Crippen molar-refractivity contribution in [2.45, 2.75) is 32.2 Å². The molecule has 1 atom stereocenters. The van der Waals surface area contributed by atoms with Gasteiger partial charge in [0.1, 0.15) is 5.82 Å². The lowest BCUT2D eigenvalue weighted by Crippen LogP contribution is -2.48. The molecule has 1 fully saturated rings. The molecule has 29 heavy (non-hydrogen) atoms. The van der Waals surface area contributed by atoms with Crippen molar-refractivity contribution in [3.8, 4) is 0 Å². The highest BCUT2D eigenvalue weighted by Gasteiger charge is 2.21. The average Bonchev–Trinajstić information content (AvgIpc) is 2.75. The number of nitrogens with one attached hydrogen (secondary N) is 1. The zero-order valence-corrected chi connectivity index (χ0v) is 16.8. The second kappa shape index (κ2) is 10.0. The summed E-state index contributed by atoms with van der Waals surface area (Å²) in [7, 11) is 0. The highest BCUT2D eigenvalue weighted by molar-refractivity contribution is 5.79. The number of anilines is 1. The van der Waals surface area contributed by atoms with Gasteiger partial charge in [-0.25, -0.2) is 4.39 Å². The summed E-state index contributed by atoms with van der Waals surface area (Å²) in [6.45, 7) is 4.71. The van der Waals surface area contributed by atoms with E-state index >= 15 is 0 Å². The topological polar surface area (TPSA) is 52.7 Å². The van der Waals surface area contributed by atoms with Crippen molar-refractivity contribution in [1.82, 2.24) is 10.2 Å². The molecule has 5 nitrogen and oxygen atoms in total. The van der Waals surface area contributed by atoms with Gasteiger partial charge in [-0.05, 0) is 43.2 Å². The molecule has 0 bridgehead atoms. The lowest BCUT2D eigenvalue weighted by atomic mass is 10.1. The second-order valence-electron chi connectivity index (χ2n) is 7.40. The van der Waals surface area contributed by atoms with Crippen LogP contribution in [0.3, 0.4) is 0 Å². The summed E-state index contributed by atoms with van der Waals surface area (Å²) >= 11 is 0. The highest BCUT2D eigenvalue weighted by Crippen LogP contribution is 2.17. The van der Waals surface area contributed by atoms with Crippen LogP contribution in [0.5, 0.6) is 0 Å². The Labute approximate surface area is 171 Å². The Morgan fingerprint density at radius 3 is 2.28 bits per heavy atom. The highest BCUT2D eigenvalue weighted by atomic mass is 19.1. The van der Waals surface area contributed by atoms with E-state index in [1.54, 1.807) is 12.1 Å². The fraction of sp³-hybridized carbons (Fsp3) is 0.391. The summed E-state index contributed by atoms with van der Waals surface area (Å²) < 4.78 is 13.1. The molecule has 0 aromatic heterocycles. The Bertz CT molecular complexity index is 803. The predicted molar refractivity (Wildman–Crippen MR) is 112 cm³/mol. The van der Waals surface area contributed by atoms with Crippen molar-refractivity contribution in [2.75, 3.05) is 31.1 Å². The van der Waals surface area contributed by atoms with Crippen molar-refractivity contribution < 1.29 is 14.0 Å². The van der Waals surface area contributed by atoms with Crippen LogP contribution in [0.4, 0.5) is 10.1 Å². The zero-order chi connectivity index (χ0) is 20.6. The number of nitrogens with zero attached hydrogens (tertiary/aromatic N) is 2. The van der Waals surface area contributed by atoms with E-state index in [0.717, 1.165) is 24.3 Å². The molecule has 0 unspecified atom stereocenters. The molecule has 2 amide bonds. The lowest BCUT2D eigenvalue weighted by molar-refractivity contribution is -0.131. The summed E-state index contributed by atoms with van der Waals surface area (Å²) in [5, 5.41) is 2.98. The van der Waals surface area contributed by atoms with Gasteiger partial charge in [-0.2, -0.15) is 0 Å². The van der Waals surface area contributed by atoms with E-state index < -0.39 is 0 Å². The van der Waals surface area contributed by atoms with Crippen LogP contribution in [0.2, 0.25) is 0 Å².